The zero-order chi connectivity index (χ0) is 13.5. The van der Waals surface area contributed by atoms with Crippen LogP contribution < -0.4 is 5.73 Å². The normalized spacial score (nSPS) is 11.7. The van der Waals surface area contributed by atoms with Crippen molar-refractivity contribution in [2.75, 3.05) is 0 Å². The van der Waals surface area contributed by atoms with E-state index >= 15 is 0 Å². The van der Waals surface area contributed by atoms with E-state index in [0.717, 1.165) is 0 Å². The smallest absolute Gasteiger partial charge is 0.372 e. The fourth-order valence-electron chi connectivity index (χ4n) is 0.532. The molecule has 0 aliphatic heterocycles. The zero-order valence-corrected chi connectivity index (χ0v) is 9.93. The summed E-state index contributed by atoms with van der Waals surface area (Å²) in [6.45, 7) is 6.66. The van der Waals surface area contributed by atoms with Crippen molar-refractivity contribution in [2.24, 2.45) is 17.6 Å². The summed E-state index contributed by atoms with van der Waals surface area (Å²) < 4.78 is 0. The number of Topliss-reactive ketones (excluding diaryl/α,β-unsaturated/α-hetero) is 1. The fourth-order valence-corrected chi connectivity index (χ4v) is 0.532. The number of carboxylic acid groups (broad SMARTS) is 2. The minimum atomic E-state index is -1.35. The van der Waals surface area contributed by atoms with Gasteiger partial charge in [0.1, 0.15) is 6.04 Å². The van der Waals surface area contributed by atoms with Crippen LogP contribution >= 0.6 is 0 Å². The molecule has 0 bridgehead atoms. The number of hydrogen-bond donors (Lipinski definition) is 3. The summed E-state index contributed by atoms with van der Waals surface area (Å²) in [5.74, 6) is -3.38. The minimum Gasteiger partial charge on any atom is -0.480 e. The highest BCUT2D eigenvalue weighted by molar-refractivity contribution is 6.33. The van der Waals surface area contributed by atoms with E-state index in [0.29, 0.717) is 0 Å². The topological polar surface area (TPSA) is 118 Å². The van der Waals surface area contributed by atoms with Crippen LogP contribution in [0.3, 0.4) is 0 Å². The molecule has 0 saturated heterocycles. The average Bonchev–Trinajstić information content (AvgIpc) is 2.15. The van der Waals surface area contributed by atoms with Gasteiger partial charge in [0.05, 0.1) is 0 Å². The maximum absolute atomic E-state index is 10.2. The maximum Gasteiger partial charge on any atom is 0.372 e. The van der Waals surface area contributed by atoms with Gasteiger partial charge in [-0.3, -0.25) is 9.59 Å². The number of rotatable bonds is 4. The molecule has 0 aliphatic rings. The molecule has 6 nitrogen and oxygen atoms in total. The van der Waals surface area contributed by atoms with Crippen LogP contribution in [0.4, 0.5) is 0 Å². The Hall–Kier alpha value is -1.43. The number of nitrogens with two attached hydrogens (primary N) is 1. The second-order valence-electron chi connectivity index (χ2n) is 3.93. The van der Waals surface area contributed by atoms with E-state index in [2.05, 4.69) is 0 Å². The Morgan fingerprint density at radius 2 is 1.38 bits per heavy atom. The van der Waals surface area contributed by atoms with Crippen LogP contribution in [0, 0.1) is 11.8 Å². The van der Waals surface area contributed by atoms with Crippen LogP contribution in [0.5, 0.6) is 0 Å². The Morgan fingerprint density at radius 1 is 1.00 bits per heavy atom. The highest BCUT2D eigenvalue weighted by atomic mass is 16.4. The van der Waals surface area contributed by atoms with Crippen molar-refractivity contribution in [1.29, 1.82) is 0 Å². The van der Waals surface area contributed by atoms with Gasteiger partial charge < -0.3 is 15.9 Å². The highest BCUT2D eigenvalue weighted by Crippen LogP contribution is 1.96. The third-order valence-electron chi connectivity index (χ3n) is 1.74. The first-order valence-corrected chi connectivity index (χ1v) is 4.86. The molecule has 0 radical (unpaired) electrons. The van der Waals surface area contributed by atoms with Crippen molar-refractivity contribution < 1.29 is 24.6 Å². The lowest BCUT2D eigenvalue weighted by Gasteiger charge is -2.07. The first-order chi connectivity index (χ1) is 7.11. The Balaban J connectivity index is 0. The Bertz CT molecular complexity index is 260. The van der Waals surface area contributed by atoms with E-state index in [1.807, 2.05) is 0 Å². The molecule has 0 aromatic heterocycles. The van der Waals surface area contributed by atoms with Crippen molar-refractivity contribution in [1.82, 2.24) is 0 Å². The molecule has 4 N–H and O–H groups in total. The molecule has 94 valence electrons. The molecule has 1 atom stereocenters. The predicted octanol–water partition coefficient (Wildman–Crippen LogP) is 0.350. The third-order valence-corrected chi connectivity index (χ3v) is 1.74. The Morgan fingerprint density at radius 3 is 1.38 bits per heavy atom. The molecule has 6 heteroatoms. The standard InChI is InChI=1S/C5H11NO2.C5H8O3/c2*1-3(2)4(6)5(7)8/h3-4H,6H2,1-2H3,(H,7,8);3H,1-2H3,(H,7,8). The van der Waals surface area contributed by atoms with Crippen LogP contribution in [0.1, 0.15) is 27.7 Å². The van der Waals surface area contributed by atoms with Crippen molar-refractivity contribution in [3.05, 3.63) is 0 Å². The van der Waals surface area contributed by atoms with Gasteiger partial charge in [-0.05, 0) is 5.92 Å². The second-order valence-corrected chi connectivity index (χ2v) is 3.93. The second kappa shape index (κ2) is 7.81. The molecule has 0 heterocycles. The predicted molar refractivity (Wildman–Crippen MR) is 57.9 cm³/mol. The summed E-state index contributed by atoms with van der Waals surface area (Å²) in [6, 6.07) is -0.713. The van der Waals surface area contributed by atoms with Gasteiger partial charge >= 0.3 is 11.9 Å². The number of ketones is 1. The van der Waals surface area contributed by atoms with Crippen LogP contribution in [0.15, 0.2) is 0 Å². The summed E-state index contributed by atoms with van der Waals surface area (Å²) in [6.07, 6.45) is 0. The molecular formula is C10H19NO5. The van der Waals surface area contributed by atoms with E-state index in [-0.39, 0.29) is 5.92 Å². The molecule has 0 aromatic carbocycles. The van der Waals surface area contributed by atoms with Crippen LogP contribution in [0.2, 0.25) is 0 Å². The van der Waals surface area contributed by atoms with Gasteiger partial charge in [0.15, 0.2) is 0 Å². The van der Waals surface area contributed by atoms with Gasteiger partial charge in [0, 0.05) is 5.92 Å². The summed E-state index contributed by atoms with van der Waals surface area (Å²) in [5, 5.41) is 16.2. The van der Waals surface area contributed by atoms with E-state index in [9.17, 15) is 14.4 Å². The zero-order valence-electron chi connectivity index (χ0n) is 9.93. The number of aliphatic carboxylic acids is 2. The third kappa shape index (κ3) is 7.93. The number of carboxylic acids is 2. The van der Waals surface area contributed by atoms with E-state index in [1.54, 1.807) is 27.7 Å². The summed E-state index contributed by atoms with van der Waals surface area (Å²) in [5.41, 5.74) is 5.16. The van der Waals surface area contributed by atoms with Gasteiger partial charge in [-0.1, -0.05) is 27.7 Å². The van der Waals surface area contributed by atoms with E-state index in [4.69, 9.17) is 15.9 Å². The van der Waals surface area contributed by atoms with Crippen molar-refractivity contribution in [2.45, 2.75) is 33.7 Å². The first kappa shape index (κ1) is 17.0. The molecule has 0 spiro atoms. The maximum atomic E-state index is 10.2. The summed E-state index contributed by atoms with van der Waals surface area (Å²) in [7, 11) is 0. The van der Waals surface area contributed by atoms with Crippen molar-refractivity contribution >= 4 is 17.7 Å². The lowest BCUT2D eigenvalue weighted by atomic mass is 10.1. The lowest BCUT2D eigenvalue weighted by Crippen LogP contribution is -2.34. The lowest BCUT2D eigenvalue weighted by molar-refractivity contribution is -0.150. The Labute approximate surface area is 94.4 Å². The quantitative estimate of drug-likeness (QED) is 0.603. The molecule has 0 aromatic rings. The molecule has 0 amide bonds. The van der Waals surface area contributed by atoms with E-state index in [1.165, 1.54) is 0 Å². The Kier molecular flexibility index (Phi) is 8.29. The molecule has 0 rings (SSSR count). The highest BCUT2D eigenvalue weighted by Gasteiger charge is 2.14. The first-order valence-electron chi connectivity index (χ1n) is 4.86. The fraction of sp³-hybridized carbons (Fsp3) is 0.700. The van der Waals surface area contributed by atoms with Crippen LogP contribution in [0.25, 0.3) is 0 Å². The average molecular weight is 233 g/mol. The van der Waals surface area contributed by atoms with Crippen LogP contribution in [-0.4, -0.2) is 34.0 Å². The van der Waals surface area contributed by atoms with Gasteiger partial charge in [-0.15, -0.1) is 0 Å². The number of carbonyl (C=O) groups is 3. The van der Waals surface area contributed by atoms with Gasteiger partial charge in [0.2, 0.25) is 5.78 Å². The van der Waals surface area contributed by atoms with Crippen LogP contribution in [-0.2, 0) is 14.4 Å². The molecule has 1 unspecified atom stereocenters. The van der Waals surface area contributed by atoms with Gasteiger partial charge in [0.25, 0.3) is 0 Å². The molecule has 0 aliphatic carbocycles. The summed E-state index contributed by atoms with van der Waals surface area (Å²) >= 11 is 0. The molecular weight excluding hydrogens is 214 g/mol. The largest absolute Gasteiger partial charge is 0.480 e. The molecule has 0 fully saturated rings. The van der Waals surface area contributed by atoms with Gasteiger partial charge in [-0.25, -0.2) is 4.79 Å². The van der Waals surface area contributed by atoms with Gasteiger partial charge in [-0.2, -0.15) is 0 Å². The number of carbonyl (C=O) groups excluding carboxylic acids is 1. The SMILES string of the molecule is CC(C)C(=O)C(=O)O.CC(C)C(N)C(=O)O. The van der Waals surface area contributed by atoms with Crippen molar-refractivity contribution in [3.63, 3.8) is 0 Å². The minimum absolute atomic E-state index is 0.0208. The van der Waals surface area contributed by atoms with Crippen molar-refractivity contribution in [3.8, 4) is 0 Å². The molecule has 16 heavy (non-hydrogen) atoms. The van der Waals surface area contributed by atoms with E-state index < -0.39 is 29.7 Å². The number of hydrogen-bond acceptors (Lipinski definition) is 4. The molecule has 0 saturated carbocycles. The summed E-state index contributed by atoms with van der Waals surface area (Å²) in [4.78, 5) is 30.0. The monoisotopic (exact) mass is 233 g/mol.